The number of para-hydroxylation sites is 1. The summed E-state index contributed by atoms with van der Waals surface area (Å²) in [5, 5.41) is 14.1. The van der Waals surface area contributed by atoms with Crippen molar-refractivity contribution < 1.29 is 5.11 Å². The van der Waals surface area contributed by atoms with Gasteiger partial charge in [-0.2, -0.15) is 4.98 Å². The molecule has 0 amide bonds. The lowest BCUT2D eigenvalue weighted by Gasteiger charge is -2.31. The molecular formula is C15H20N4O. The Kier molecular flexibility index (Phi) is 3.69. The van der Waals surface area contributed by atoms with Gasteiger partial charge in [0, 0.05) is 25.0 Å². The quantitative estimate of drug-likeness (QED) is 0.895. The van der Waals surface area contributed by atoms with Crippen molar-refractivity contribution in [2.45, 2.75) is 25.9 Å². The Hall–Kier alpha value is -1.88. The molecule has 0 bridgehead atoms. The Labute approximate surface area is 118 Å². The molecular weight excluding hydrogens is 252 g/mol. The molecule has 2 aromatic rings. The Bertz CT molecular complexity index is 601. The Balaban J connectivity index is 2.06. The van der Waals surface area contributed by atoms with Gasteiger partial charge >= 0.3 is 0 Å². The summed E-state index contributed by atoms with van der Waals surface area (Å²) in [4.78, 5) is 11.3. The van der Waals surface area contributed by atoms with Crippen LogP contribution in [-0.2, 0) is 0 Å². The van der Waals surface area contributed by atoms with E-state index in [1.807, 2.05) is 31.2 Å². The lowest BCUT2D eigenvalue weighted by atomic mass is 10.1. The summed E-state index contributed by atoms with van der Waals surface area (Å²) in [5.41, 5.74) is 0.938. The first-order chi connectivity index (χ1) is 9.78. The number of aliphatic hydroxyl groups excluding tert-OH is 1. The second-order valence-corrected chi connectivity index (χ2v) is 5.16. The molecule has 0 aliphatic carbocycles. The first-order valence-corrected chi connectivity index (χ1v) is 7.21. The van der Waals surface area contributed by atoms with Crippen molar-refractivity contribution in [3.05, 3.63) is 24.3 Å². The first-order valence-electron chi connectivity index (χ1n) is 7.21. The smallest absolute Gasteiger partial charge is 0.225 e. The highest BCUT2D eigenvalue weighted by atomic mass is 16.3. The molecule has 1 aromatic carbocycles. The van der Waals surface area contributed by atoms with Crippen LogP contribution in [0.25, 0.3) is 10.9 Å². The topological polar surface area (TPSA) is 61.3 Å². The first kappa shape index (κ1) is 13.1. The molecule has 0 radical (unpaired) electrons. The number of benzene rings is 1. The number of hydrogen-bond acceptors (Lipinski definition) is 5. The second-order valence-electron chi connectivity index (χ2n) is 5.16. The summed E-state index contributed by atoms with van der Waals surface area (Å²) in [6, 6.07) is 8.03. The van der Waals surface area contributed by atoms with Gasteiger partial charge in [0.1, 0.15) is 5.82 Å². The van der Waals surface area contributed by atoms with E-state index in [0.717, 1.165) is 42.7 Å². The molecule has 2 heterocycles. The lowest BCUT2D eigenvalue weighted by Crippen LogP contribution is -2.39. The van der Waals surface area contributed by atoms with E-state index >= 15 is 0 Å². The number of anilines is 2. The number of aliphatic hydroxyl groups is 1. The third-order valence-corrected chi connectivity index (χ3v) is 3.61. The highest BCUT2D eigenvalue weighted by Crippen LogP contribution is 2.27. The SMILES string of the molecule is CCNc1nc(N2CCCC(O)C2)c2ccccc2n1. The molecule has 1 aliphatic heterocycles. The molecule has 1 atom stereocenters. The number of fused-ring (bicyclic) bond motifs is 1. The second kappa shape index (κ2) is 5.63. The summed E-state index contributed by atoms with van der Waals surface area (Å²) in [6.45, 7) is 4.40. The van der Waals surface area contributed by atoms with Crippen LogP contribution >= 0.6 is 0 Å². The average molecular weight is 272 g/mol. The van der Waals surface area contributed by atoms with Gasteiger partial charge in [0.2, 0.25) is 5.95 Å². The van der Waals surface area contributed by atoms with Gasteiger partial charge in [0.15, 0.2) is 0 Å². The van der Waals surface area contributed by atoms with Gasteiger partial charge in [-0.05, 0) is 31.9 Å². The van der Waals surface area contributed by atoms with Crippen molar-refractivity contribution >= 4 is 22.7 Å². The summed E-state index contributed by atoms with van der Waals surface area (Å²) in [6.07, 6.45) is 1.61. The van der Waals surface area contributed by atoms with E-state index in [9.17, 15) is 5.11 Å². The number of piperidine rings is 1. The zero-order valence-electron chi connectivity index (χ0n) is 11.7. The van der Waals surface area contributed by atoms with Gasteiger partial charge in [-0.15, -0.1) is 0 Å². The minimum Gasteiger partial charge on any atom is -0.391 e. The van der Waals surface area contributed by atoms with Crippen LogP contribution < -0.4 is 10.2 Å². The Morgan fingerprint density at radius 2 is 2.20 bits per heavy atom. The molecule has 0 spiro atoms. The van der Waals surface area contributed by atoms with Crippen LogP contribution in [0.15, 0.2) is 24.3 Å². The van der Waals surface area contributed by atoms with Crippen molar-refractivity contribution in [1.82, 2.24) is 9.97 Å². The summed E-state index contributed by atoms with van der Waals surface area (Å²) in [5.74, 6) is 1.58. The maximum absolute atomic E-state index is 9.88. The van der Waals surface area contributed by atoms with E-state index in [-0.39, 0.29) is 6.10 Å². The van der Waals surface area contributed by atoms with E-state index in [1.165, 1.54) is 0 Å². The van der Waals surface area contributed by atoms with Crippen LogP contribution in [0.1, 0.15) is 19.8 Å². The fraction of sp³-hybridized carbons (Fsp3) is 0.467. The number of aromatic nitrogens is 2. The molecule has 3 rings (SSSR count). The highest BCUT2D eigenvalue weighted by Gasteiger charge is 2.21. The number of nitrogens with one attached hydrogen (secondary N) is 1. The molecule has 2 N–H and O–H groups in total. The van der Waals surface area contributed by atoms with E-state index in [4.69, 9.17) is 0 Å². The minimum absolute atomic E-state index is 0.264. The molecule has 0 saturated carbocycles. The normalized spacial score (nSPS) is 19.3. The third-order valence-electron chi connectivity index (χ3n) is 3.61. The van der Waals surface area contributed by atoms with E-state index < -0.39 is 0 Å². The minimum atomic E-state index is -0.264. The standard InChI is InChI=1S/C15H20N4O/c1-2-16-15-17-13-8-4-3-7-12(13)14(18-15)19-9-5-6-11(20)10-19/h3-4,7-8,11,20H,2,5-6,9-10H2,1H3,(H,16,17,18). The number of nitrogens with zero attached hydrogens (tertiary/aromatic N) is 3. The Morgan fingerprint density at radius 3 is 3.00 bits per heavy atom. The predicted octanol–water partition coefficient (Wildman–Crippen LogP) is 2.02. The molecule has 1 aliphatic rings. The van der Waals surface area contributed by atoms with Crippen LogP contribution in [0.5, 0.6) is 0 Å². The Morgan fingerprint density at radius 1 is 1.35 bits per heavy atom. The molecule has 1 fully saturated rings. The van der Waals surface area contributed by atoms with Crippen LogP contribution in [0.2, 0.25) is 0 Å². The van der Waals surface area contributed by atoms with Gasteiger partial charge in [-0.25, -0.2) is 4.98 Å². The fourth-order valence-electron chi connectivity index (χ4n) is 2.69. The van der Waals surface area contributed by atoms with Gasteiger partial charge in [0.05, 0.1) is 11.6 Å². The van der Waals surface area contributed by atoms with Crippen molar-refractivity contribution in [1.29, 1.82) is 0 Å². The van der Waals surface area contributed by atoms with Crippen LogP contribution in [-0.4, -0.2) is 40.8 Å². The van der Waals surface area contributed by atoms with Gasteiger partial charge in [-0.3, -0.25) is 0 Å². The molecule has 5 nitrogen and oxygen atoms in total. The molecule has 1 aromatic heterocycles. The fourth-order valence-corrected chi connectivity index (χ4v) is 2.69. The highest BCUT2D eigenvalue weighted by molar-refractivity contribution is 5.90. The predicted molar refractivity (Wildman–Crippen MR) is 81.2 cm³/mol. The van der Waals surface area contributed by atoms with Crippen LogP contribution in [0.3, 0.4) is 0 Å². The summed E-state index contributed by atoms with van der Waals surface area (Å²) in [7, 11) is 0. The zero-order valence-corrected chi connectivity index (χ0v) is 11.7. The van der Waals surface area contributed by atoms with Gasteiger partial charge in [0.25, 0.3) is 0 Å². The molecule has 106 valence electrons. The number of rotatable bonds is 3. The van der Waals surface area contributed by atoms with Crippen molar-refractivity contribution in [2.75, 3.05) is 29.9 Å². The van der Waals surface area contributed by atoms with E-state index in [0.29, 0.717) is 12.5 Å². The number of hydrogen-bond donors (Lipinski definition) is 2. The third kappa shape index (κ3) is 2.54. The summed E-state index contributed by atoms with van der Waals surface area (Å²) < 4.78 is 0. The number of β-amino-alcohol motifs (C(OH)–C–C–N with tert-alkyl or cyclic N) is 1. The maximum atomic E-state index is 9.88. The van der Waals surface area contributed by atoms with E-state index in [1.54, 1.807) is 0 Å². The zero-order chi connectivity index (χ0) is 13.9. The van der Waals surface area contributed by atoms with E-state index in [2.05, 4.69) is 20.2 Å². The average Bonchev–Trinajstić information content (AvgIpc) is 2.47. The van der Waals surface area contributed by atoms with Crippen molar-refractivity contribution in [3.8, 4) is 0 Å². The van der Waals surface area contributed by atoms with Crippen molar-refractivity contribution in [2.24, 2.45) is 0 Å². The molecule has 5 heteroatoms. The maximum Gasteiger partial charge on any atom is 0.225 e. The molecule has 1 unspecified atom stereocenters. The lowest BCUT2D eigenvalue weighted by molar-refractivity contribution is 0.154. The van der Waals surface area contributed by atoms with Crippen LogP contribution in [0.4, 0.5) is 11.8 Å². The van der Waals surface area contributed by atoms with Crippen LogP contribution in [0, 0.1) is 0 Å². The molecule has 20 heavy (non-hydrogen) atoms. The van der Waals surface area contributed by atoms with Crippen molar-refractivity contribution in [3.63, 3.8) is 0 Å². The largest absolute Gasteiger partial charge is 0.391 e. The van der Waals surface area contributed by atoms with Gasteiger partial charge < -0.3 is 15.3 Å². The monoisotopic (exact) mass is 272 g/mol. The van der Waals surface area contributed by atoms with Gasteiger partial charge in [-0.1, -0.05) is 12.1 Å². The summed E-state index contributed by atoms with van der Waals surface area (Å²) >= 11 is 0. The molecule has 1 saturated heterocycles.